The number of esters is 1. The highest BCUT2D eigenvalue weighted by Crippen LogP contribution is 2.42. The highest BCUT2D eigenvalue weighted by molar-refractivity contribution is 7.80. The number of rotatable bonds is 5. The van der Waals surface area contributed by atoms with Crippen LogP contribution in [0, 0.1) is 0 Å². The number of aromatic hydroxyl groups is 1. The van der Waals surface area contributed by atoms with E-state index in [1.807, 2.05) is 6.07 Å². The molecule has 0 saturated carbocycles. The van der Waals surface area contributed by atoms with Crippen LogP contribution < -0.4 is 5.73 Å². The summed E-state index contributed by atoms with van der Waals surface area (Å²) in [7, 11) is 0. The lowest BCUT2D eigenvalue weighted by Gasteiger charge is -2.23. The third kappa shape index (κ3) is 4.83. The van der Waals surface area contributed by atoms with Gasteiger partial charge in [-0.2, -0.15) is 0 Å². The van der Waals surface area contributed by atoms with Crippen molar-refractivity contribution in [3.05, 3.63) is 59.7 Å². The van der Waals surface area contributed by atoms with Crippen molar-refractivity contribution in [2.45, 2.75) is 39.3 Å². The topological polar surface area (TPSA) is 119 Å². The fourth-order valence-electron chi connectivity index (χ4n) is 3.26. The van der Waals surface area contributed by atoms with Gasteiger partial charge in [-0.3, -0.25) is 9.36 Å². The Morgan fingerprint density at radius 1 is 1.12 bits per heavy atom. The van der Waals surface area contributed by atoms with Crippen molar-refractivity contribution in [3.8, 4) is 5.88 Å². The number of thiocarbonyl (C=S) groups is 1. The molecule has 0 radical (unpaired) electrons. The van der Waals surface area contributed by atoms with Gasteiger partial charge in [0.25, 0.3) is 0 Å². The molecule has 0 saturated heterocycles. The van der Waals surface area contributed by atoms with Crippen molar-refractivity contribution in [2.24, 2.45) is 16.0 Å². The molecule has 3 aromatic rings. The minimum atomic E-state index is -0.874. The Kier molecular flexibility index (Phi) is 6.40. The summed E-state index contributed by atoms with van der Waals surface area (Å²) >= 11 is 4.75. The molecule has 0 amide bonds. The van der Waals surface area contributed by atoms with Gasteiger partial charge in [0.1, 0.15) is 11.6 Å². The lowest BCUT2D eigenvalue weighted by molar-refractivity contribution is -0.158. The lowest BCUT2D eigenvalue weighted by Crippen LogP contribution is -2.28. The first-order chi connectivity index (χ1) is 15.0. The van der Waals surface area contributed by atoms with Crippen molar-refractivity contribution in [3.63, 3.8) is 0 Å². The Morgan fingerprint density at radius 2 is 1.78 bits per heavy atom. The van der Waals surface area contributed by atoms with E-state index in [-0.39, 0.29) is 22.5 Å². The van der Waals surface area contributed by atoms with Gasteiger partial charge in [-0.05, 0) is 58.1 Å². The summed E-state index contributed by atoms with van der Waals surface area (Å²) in [5.74, 6) is -1.05. The molecule has 2 aromatic carbocycles. The van der Waals surface area contributed by atoms with E-state index < -0.39 is 17.6 Å². The van der Waals surface area contributed by atoms with E-state index in [0.29, 0.717) is 22.0 Å². The first kappa shape index (κ1) is 23.1. The average molecular weight is 453 g/mol. The van der Waals surface area contributed by atoms with E-state index in [4.69, 9.17) is 22.7 Å². The molecule has 0 aliphatic heterocycles. The van der Waals surface area contributed by atoms with Crippen LogP contribution in [-0.4, -0.2) is 32.1 Å². The fourth-order valence-corrected chi connectivity index (χ4v) is 3.31. The highest BCUT2D eigenvalue weighted by atomic mass is 32.1. The molecule has 1 aromatic heterocycles. The van der Waals surface area contributed by atoms with Crippen LogP contribution in [0.4, 0.5) is 5.69 Å². The normalized spacial score (nSPS) is 12.8. The Balaban J connectivity index is 2.17. The van der Waals surface area contributed by atoms with Crippen molar-refractivity contribution in [1.82, 2.24) is 4.57 Å². The molecule has 0 bridgehead atoms. The zero-order valence-electron chi connectivity index (χ0n) is 18.2. The predicted molar refractivity (Wildman–Crippen MR) is 125 cm³/mol. The van der Waals surface area contributed by atoms with Crippen LogP contribution in [0.3, 0.4) is 0 Å². The standard InChI is InChI=1S/C23H24N4O4S/c1-13(21(30)31-23(2,3)4)27-17-11-10-15(19(28)14-8-6-5-7-9-14)12-16(17)18(20(27)29)25-26-22(24)32/h5-13,29H,1-4H3,(H2,24,32)/t13-/m0/s1. The number of azo groups is 1. The maximum absolute atomic E-state index is 12.9. The number of benzene rings is 2. The molecule has 0 unspecified atom stereocenters. The van der Waals surface area contributed by atoms with E-state index in [0.717, 1.165) is 0 Å². The first-order valence-electron chi connectivity index (χ1n) is 9.90. The van der Waals surface area contributed by atoms with Gasteiger partial charge in [0, 0.05) is 16.5 Å². The second-order valence-corrected chi connectivity index (χ2v) is 8.64. The number of nitrogens with zero attached hydrogens (tertiary/aromatic N) is 3. The predicted octanol–water partition coefficient (Wildman–Crippen LogP) is 4.81. The summed E-state index contributed by atoms with van der Waals surface area (Å²) in [4.78, 5) is 25.6. The Bertz CT molecular complexity index is 1230. The number of hydrogen-bond donors (Lipinski definition) is 2. The zero-order chi connectivity index (χ0) is 23.6. The molecular formula is C23H24N4O4S. The van der Waals surface area contributed by atoms with Gasteiger partial charge in [0.05, 0.1) is 5.52 Å². The van der Waals surface area contributed by atoms with E-state index in [1.54, 1.807) is 70.2 Å². The van der Waals surface area contributed by atoms with E-state index in [9.17, 15) is 14.7 Å². The third-order valence-electron chi connectivity index (χ3n) is 4.63. The number of nitrogens with two attached hydrogens (primary N) is 1. The van der Waals surface area contributed by atoms with Crippen molar-refractivity contribution in [2.75, 3.05) is 0 Å². The van der Waals surface area contributed by atoms with E-state index in [2.05, 4.69) is 10.2 Å². The second kappa shape index (κ2) is 8.88. The van der Waals surface area contributed by atoms with Crippen LogP contribution in [0.5, 0.6) is 5.88 Å². The average Bonchev–Trinajstić information content (AvgIpc) is 3.00. The summed E-state index contributed by atoms with van der Waals surface area (Å²) < 4.78 is 6.85. The smallest absolute Gasteiger partial charge is 0.329 e. The number of carbonyl (C=O) groups excluding carboxylic acids is 2. The first-order valence-corrected chi connectivity index (χ1v) is 10.3. The van der Waals surface area contributed by atoms with Crippen molar-refractivity contribution < 1.29 is 19.4 Å². The minimum Gasteiger partial charge on any atom is -0.493 e. The van der Waals surface area contributed by atoms with Crippen LogP contribution in [0.2, 0.25) is 0 Å². The number of aromatic nitrogens is 1. The fraction of sp³-hybridized carbons (Fsp3) is 0.261. The summed E-state index contributed by atoms with van der Waals surface area (Å²) in [5, 5.41) is 18.8. The molecule has 3 rings (SSSR count). The number of ether oxygens (including phenoxy) is 1. The van der Waals surface area contributed by atoms with Gasteiger partial charge < -0.3 is 15.6 Å². The Labute approximate surface area is 190 Å². The Morgan fingerprint density at radius 3 is 2.38 bits per heavy atom. The van der Waals surface area contributed by atoms with E-state index >= 15 is 0 Å². The summed E-state index contributed by atoms with van der Waals surface area (Å²) in [6.07, 6.45) is 0. The molecule has 8 nitrogen and oxygen atoms in total. The van der Waals surface area contributed by atoms with Crippen LogP contribution in [0.1, 0.15) is 49.7 Å². The van der Waals surface area contributed by atoms with Crippen LogP contribution in [-0.2, 0) is 9.53 Å². The number of carbonyl (C=O) groups is 2. The Hall–Kier alpha value is -3.59. The molecule has 9 heteroatoms. The second-order valence-electron chi connectivity index (χ2n) is 8.22. The number of ketones is 1. The number of fused-ring (bicyclic) bond motifs is 1. The molecule has 1 heterocycles. The van der Waals surface area contributed by atoms with Gasteiger partial charge in [0.15, 0.2) is 11.5 Å². The molecule has 32 heavy (non-hydrogen) atoms. The van der Waals surface area contributed by atoms with Crippen molar-refractivity contribution >= 4 is 45.7 Å². The molecule has 0 aliphatic rings. The highest BCUT2D eigenvalue weighted by Gasteiger charge is 2.29. The summed E-state index contributed by atoms with van der Waals surface area (Å²) in [6.45, 7) is 6.88. The summed E-state index contributed by atoms with van der Waals surface area (Å²) in [5.41, 5.74) is 6.15. The summed E-state index contributed by atoms with van der Waals surface area (Å²) in [6, 6.07) is 12.8. The molecule has 1 atom stereocenters. The van der Waals surface area contributed by atoms with Gasteiger partial charge in [-0.25, -0.2) is 4.79 Å². The minimum absolute atomic E-state index is 0.0471. The maximum Gasteiger partial charge on any atom is 0.329 e. The van der Waals surface area contributed by atoms with Gasteiger partial charge in [0.2, 0.25) is 11.0 Å². The SMILES string of the molecule is C[C@@H](C(=O)OC(C)(C)C)n1c(O)c(N=NC(N)=S)c2cc(C(=O)c3ccccc3)ccc21. The lowest BCUT2D eigenvalue weighted by atomic mass is 10.0. The molecule has 0 fully saturated rings. The number of hydrogen-bond acceptors (Lipinski definition) is 6. The molecule has 166 valence electrons. The molecule has 0 spiro atoms. The third-order valence-corrected chi connectivity index (χ3v) is 4.71. The van der Waals surface area contributed by atoms with Gasteiger partial charge in [-0.15, -0.1) is 10.2 Å². The van der Waals surface area contributed by atoms with Crippen LogP contribution in [0.25, 0.3) is 10.9 Å². The zero-order valence-corrected chi connectivity index (χ0v) is 19.0. The van der Waals surface area contributed by atoms with Crippen LogP contribution >= 0.6 is 12.2 Å². The van der Waals surface area contributed by atoms with Crippen LogP contribution in [0.15, 0.2) is 58.8 Å². The van der Waals surface area contributed by atoms with Gasteiger partial charge >= 0.3 is 5.97 Å². The maximum atomic E-state index is 12.9. The largest absolute Gasteiger partial charge is 0.493 e. The molecule has 0 aliphatic carbocycles. The monoisotopic (exact) mass is 452 g/mol. The van der Waals surface area contributed by atoms with Crippen molar-refractivity contribution in [1.29, 1.82) is 0 Å². The quantitative estimate of drug-likeness (QED) is 0.248. The molecule has 3 N–H and O–H groups in total. The van der Waals surface area contributed by atoms with Gasteiger partial charge in [-0.1, -0.05) is 30.3 Å². The molecular weight excluding hydrogens is 428 g/mol. The van der Waals surface area contributed by atoms with E-state index in [1.165, 1.54) is 4.57 Å².